The SMILES string of the molecule is CCc1ccccc1N(CC(=O)N(Cc1ccc(Cl)c(Cl)c1)C(Cc1ccccc1)C(=O)NC(C)C)S(=O)(=O)c1ccc(C)cc1. The normalized spacial score (nSPS) is 12.1. The molecule has 0 heterocycles. The molecule has 1 unspecified atom stereocenters. The summed E-state index contributed by atoms with van der Waals surface area (Å²) in [7, 11) is -4.19. The van der Waals surface area contributed by atoms with E-state index in [0.717, 1.165) is 21.0 Å². The third kappa shape index (κ3) is 8.69. The quantitative estimate of drug-likeness (QED) is 0.162. The van der Waals surface area contributed by atoms with Crippen LogP contribution >= 0.6 is 23.2 Å². The van der Waals surface area contributed by atoms with Crippen LogP contribution in [-0.2, 0) is 39.0 Å². The van der Waals surface area contributed by atoms with Crippen molar-refractivity contribution in [3.63, 3.8) is 0 Å². The molecule has 0 fully saturated rings. The minimum absolute atomic E-state index is 0.00736. The van der Waals surface area contributed by atoms with Gasteiger partial charge in [-0.1, -0.05) is 102 Å². The van der Waals surface area contributed by atoms with Crippen molar-refractivity contribution >= 4 is 50.7 Å². The van der Waals surface area contributed by atoms with E-state index in [9.17, 15) is 18.0 Å². The Bertz CT molecular complexity index is 1760. The number of nitrogens with one attached hydrogen (secondary N) is 1. The first-order valence-electron chi connectivity index (χ1n) is 15.2. The molecule has 0 saturated carbocycles. The van der Waals surface area contributed by atoms with E-state index in [2.05, 4.69) is 5.32 Å². The largest absolute Gasteiger partial charge is 0.352 e. The molecule has 0 bridgehead atoms. The Kier molecular flexibility index (Phi) is 11.9. The van der Waals surface area contributed by atoms with Crippen LogP contribution in [0.15, 0.2) is 102 Å². The monoisotopic (exact) mass is 679 g/mol. The van der Waals surface area contributed by atoms with Gasteiger partial charge in [-0.25, -0.2) is 8.42 Å². The Morgan fingerprint density at radius 1 is 0.826 bits per heavy atom. The van der Waals surface area contributed by atoms with Gasteiger partial charge in [-0.15, -0.1) is 0 Å². The highest BCUT2D eigenvalue weighted by molar-refractivity contribution is 7.92. The number of nitrogens with zero attached hydrogens (tertiary/aromatic N) is 2. The molecule has 1 atom stereocenters. The maximum absolute atomic E-state index is 14.6. The van der Waals surface area contributed by atoms with E-state index in [1.165, 1.54) is 4.90 Å². The Balaban J connectivity index is 1.84. The maximum Gasteiger partial charge on any atom is 0.264 e. The molecule has 46 heavy (non-hydrogen) atoms. The third-order valence-electron chi connectivity index (χ3n) is 7.57. The van der Waals surface area contributed by atoms with Gasteiger partial charge in [-0.05, 0) is 74.2 Å². The molecule has 242 valence electrons. The Hall–Kier alpha value is -3.85. The Morgan fingerprint density at radius 3 is 2.11 bits per heavy atom. The van der Waals surface area contributed by atoms with Crippen LogP contribution in [0.1, 0.15) is 43.0 Å². The smallest absolute Gasteiger partial charge is 0.264 e. The van der Waals surface area contributed by atoms with Crippen molar-refractivity contribution in [2.24, 2.45) is 0 Å². The summed E-state index contributed by atoms with van der Waals surface area (Å²) >= 11 is 12.5. The number of carbonyl (C=O) groups excluding carboxylic acids is 2. The lowest BCUT2D eigenvalue weighted by molar-refractivity contribution is -0.140. The summed E-state index contributed by atoms with van der Waals surface area (Å²) in [6.45, 7) is 6.96. The highest BCUT2D eigenvalue weighted by Crippen LogP contribution is 2.29. The number of halogens is 2. The summed E-state index contributed by atoms with van der Waals surface area (Å²) in [4.78, 5) is 30.0. The van der Waals surface area contributed by atoms with E-state index in [4.69, 9.17) is 23.2 Å². The van der Waals surface area contributed by atoms with Crippen molar-refractivity contribution < 1.29 is 18.0 Å². The summed E-state index contributed by atoms with van der Waals surface area (Å²) in [6, 6.07) is 26.9. The highest BCUT2D eigenvalue weighted by Gasteiger charge is 2.35. The van der Waals surface area contributed by atoms with Crippen LogP contribution in [0.3, 0.4) is 0 Å². The predicted octanol–water partition coefficient (Wildman–Crippen LogP) is 7.22. The number of amides is 2. The van der Waals surface area contributed by atoms with Crippen molar-refractivity contribution in [3.8, 4) is 0 Å². The van der Waals surface area contributed by atoms with Crippen LogP contribution in [0, 0.1) is 6.92 Å². The molecular weight excluding hydrogens is 641 g/mol. The molecule has 1 N–H and O–H groups in total. The molecule has 0 aliphatic carbocycles. The van der Waals surface area contributed by atoms with Gasteiger partial charge in [0.15, 0.2) is 0 Å². The topological polar surface area (TPSA) is 86.8 Å². The van der Waals surface area contributed by atoms with E-state index < -0.39 is 28.5 Å². The van der Waals surface area contributed by atoms with Crippen molar-refractivity contribution in [1.82, 2.24) is 10.2 Å². The summed E-state index contributed by atoms with van der Waals surface area (Å²) in [5, 5.41) is 3.62. The molecule has 0 saturated heterocycles. The fourth-order valence-corrected chi connectivity index (χ4v) is 6.95. The van der Waals surface area contributed by atoms with Crippen molar-refractivity contribution in [3.05, 3.63) is 129 Å². The number of rotatable bonds is 13. The molecule has 0 radical (unpaired) electrons. The minimum Gasteiger partial charge on any atom is -0.352 e. The van der Waals surface area contributed by atoms with E-state index in [-0.39, 0.29) is 29.8 Å². The number of carbonyl (C=O) groups is 2. The fraction of sp³-hybridized carbons (Fsp3) is 0.278. The van der Waals surface area contributed by atoms with Gasteiger partial charge in [-0.2, -0.15) is 0 Å². The van der Waals surface area contributed by atoms with Gasteiger partial charge >= 0.3 is 0 Å². The summed E-state index contributed by atoms with van der Waals surface area (Å²) < 4.78 is 29.7. The van der Waals surface area contributed by atoms with Gasteiger partial charge < -0.3 is 10.2 Å². The minimum atomic E-state index is -4.19. The molecule has 4 rings (SSSR count). The number of benzene rings is 4. The number of hydrogen-bond acceptors (Lipinski definition) is 4. The van der Waals surface area contributed by atoms with Crippen molar-refractivity contribution in [2.75, 3.05) is 10.8 Å². The standard InChI is InChI=1S/C36H39Cl2N3O4S/c1-5-29-13-9-10-14-33(29)41(46(44,45)30-18-15-26(4)16-19-30)24-35(42)40(23-28-17-20-31(37)32(38)21-28)34(36(43)39-25(2)3)22-27-11-7-6-8-12-27/h6-21,25,34H,5,22-24H2,1-4H3,(H,39,43). The van der Waals surface area contributed by atoms with Gasteiger partial charge in [0.25, 0.3) is 10.0 Å². The molecule has 4 aromatic rings. The average molecular weight is 681 g/mol. The molecule has 0 aromatic heterocycles. The van der Waals surface area contributed by atoms with Crippen LogP contribution in [0.5, 0.6) is 0 Å². The molecule has 2 amide bonds. The molecule has 0 spiro atoms. The molecule has 0 aliphatic rings. The first-order chi connectivity index (χ1) is 21.9. The zero-order valence-electron chi connectivity index (χ0n) is 26.4. The first-order valence-corrected chi connectivity index (χ1v) is 17.3. The predicted molar refractivity (Wildman–Crippen MR) is 186 cm³/mol. The van der Waals surface area contributed by atoms with Gasteiger partial charge in [-0.3, -0.25) is 13.9 Å². The van der Waals surface area contributed by atoms with Crippen LogP contribution in [-0.4, -0.2) is 43.8 Å². The zero-order chi connectivity index (χ0) is 33.4. The number of hydrogen-bond donors (Lipinski definition) is 1. The van der Waals surface area contributed by atoms with E-state index >= 15 is 0 Å². The van der Waals surface area contributed by atoms with E-state index in [0.29, 0.717) is 27.7 Å². The van der Waals surface area contributed by atoms with Gasteiger partial charge in [0, 0.05) is 19.0 Å². The Labute approximate surface area is 282 Å². The number of para-hydroxylation sites is 1. The number of aryl methyl sites for hydroxylation is 2. The lowest BCUT2D eigenvalue weighted by Crippen LogP contribution is -2.54. The molecule has 10 heteroatoms. The van der Waals surface area contributed by atoms with Crippen molar-refractivity contribution in [1.29, 1.82) is 0 Å². The number of anilines is 1. The van der Waals surface area contributed by atoms with Crippen LogP contribution in [0.4, 0.5) is 5.69 Å². The summed E-state index contributed by atoms with van der Waals surface area (Å²) in [6.07, 6.45) is 0.757. The van der Waals surface area contributed by atoms with E-state index in [1.807, 2.05) is 70.2 Å². The maximum atomic E-state index is 14.6. The molecule has 0 aliphatic heterocycles. The first kappa shape index (κ1) is 35.0. The van der Waals surface area contributed by atoms with E-state index in [1.54, 1.807) is 54.6 Å². The second-order valence-corrected chi connectivity index (χ2v) is 14.1. The second-order valence-electron chi connectivity index (χ2n) is 11.4. The highest BCUT2D eigenvalue weighted by atomic mass is 35.5. The second kappa shape index (κ2) is 15.6. The van der Waals surface area contributed by atoms with Crippen LogP contribution in [0.2, 0.25) is 10.0 Å². The molecular formula is C36H39Cl2N3O4S. The van der Waals surface area contributed by atoms with Gasteiger partial charge in [0.05, 0.1) is 20.6 Å². The third-order valence-corrected chi connectivity index (χ3v) is 10.1. The van der Waals surface area contributed by atoms with Gasteiger partial charge in [0.1, 0.15) is 12.6 Å². The molecule has 4 aromatic carbocycles. The average Bonchev–Trinajstić information content (AvgIpc) is 3.03. The van der Waals surface area contributed by atoms with Crippen LogP contribution < -0.4 is 9.62 Å². The Morgan fingerprint density at radius 2 is 1.48 bits per heavy atom. The van der Waals surface area contributed by atoms with Crippen LogP contribution in [0.25, 0.3) is 0 Å². The summed E-state index contributed by atoms with van der Waals surface area (Å²) in [5.41, 5.74) is 3.56. The summed E-state index contributed by atoms with van der Waals surface area (Å²) in [5.74, 6) is -0.901. The lowest BCUT2D eigenvalue weighted by Gasteiger charge is -2.34. The lowest BCUT2D eigenvalue weighted by atomic mass is 10.0. The van der Waals surface area contributed by atoms with Crippen molar-refractivity contribution in [2.45, 2.75) is 64.1 Å². The van der Waals surface area contributed by atoms with Gasteiger partial charge in [0.2, 0.25) is 11.8 Å². The molecule has 7 nitrogen and oxygen atoms in total. The fourth-order valence-electron chi connectivity index (χ4n) is 5.17. The zero-order valence-corrected chi connectivity index (χ0v) is 28.7. The number of sulfonamides is 1.